The maximum Gasteiger partial charge on any atom is 0.406 e. The normalized spacial score (nSPS) is 12.5. The minimum atomic E-state index is -4.37. The van der Waals surface area contributed by atoms with Crippen LogP contribution in [0.1, 0.15) is 30.9 Å². The molecule has 3 rings (SSSR count). The number of hydrogen-bond donors (Lipinski definition) is 0. The first-order chi connectivity index (χ1) is 11.2. The summed E-state index contributed by atoms with van der Waals surface area (Å²) in [5.41, 5.74) is 2.17. The number of benzene rings is 2. The number of hydrogen-bond acceptors (Lipinski definition) is 1. The topological polar surface area (TPSA) is 22.0 Å². The van der Waals surface area contributed by atoms with Gasteiger partial charge in [-0.05, 0) is 48.2 Å². The summed E-state index contributed by atoms with van der Waals surface area (Å²) in [6, 6.07) is 10.1. The molecule has 0 saturated carbocycles. The van der Waals surface area contributed by atoms with Gasteiger partial charge in [-0.25, -0.2) is 0 Å². The van der Waals surface area contributed by atoms with Gasteiger partial charge in [-0.1, -0.05) is 26.0 Å². The fraction of sp³-hybridized carbons (Fsp3) is 0.316. The van der Waals surface area contributed by atoms with E-state index in [9.17, 15) is 18.0 Å². The monoisotopic (exact) mass is 333 g/mol. The summed E-state index contributed by atoms with van der Waals surface area (Å²) in [4.78, 5) is 12.8. The van der Waals surface area contributed by atoms with E-state index in [0.29, 0.717) is 21.8 Å². The Morgan fingerprint density at radius 2 is 1.71 bits per heavy atom. The van der Waals surface area contributed by atoms with Crippen LogP contribution in [-0.4, -0.2) is 10.7 Å². The Morgan fingerprint density at radius 1 is 1.00 bits per heavy atom. The Morgan fingerprint density at radius 3 is 2.33 bits per heavy atom. The Kier molecular flexibility index (Phi) is 3.90. The molecule has 0 unspecified atom stereocenters. The van der Waals surface area contributed by atoms with Crippen LogP contribution in [0.4, 0.5) is 13.2 Å². The van der Waals surface area contributed by atoms with Crippen molar-refractivity contribution < 1.29 is 13.2 Å². The van der Waals surface area contributed by atoms with Gasteiger partial charge >= 0.3 is 6.18 Å². The van der Waals surface area contributed by atoms with Crippen molar-refractivity contribution in [1.29, 1.82) is 0 Å². The van der Waals surface area contributed by atoms with E-state index in [2.05, 4.69) is 0 Å². The Balaban J connectivity index is 2.47. The van der Waals surface area contributed by atoms with Crippen molar-refractivity contribution in [3.8, 4) is 0 Å². The van der Waals surface area contributed by atoms with Gasteiger partial charge in [0.25, 0.3) is 0 Å². The van der Waals surface area contributed by atoms with Crippen molar-refractivity contribution in [3.05, 3.63) is 57.7 Å². The molecule has 0 aliphatic heterocycles. The smallest absolute Gasteiger partial charge is 0.331 e. The molecule has 0 N–H and O–H groups in total. The van der Waals surface area contributed by atoms with E-state index in [0.717, 1.165) is 11.1 Å². The molecule has 0 bridgehead atoms. The van der Waals surface area contributed by atoms with Gasteiger partial charge in [0, 0.05) is 10.8 Å². The molecule has 0 aliphatic rings. The van der Waals surface area contributed by atoms with Gasteiger partial charge in [-0.15, -0.1) is 0 Å². The SMILES string of the molecule is Cc1ccc2c(=O)c3cc(C(C)C)ccc3n(CC(F)(F)F)c2c1. The second-order valence-electron chi connectivity index (χ2n) is 6.48. The van der Waals surface area contributed by atoms with Crippen LogP contribution >= 0.6 is 0 Å². The highest BCUT2D eigenvalue weighted by Gasteiger charge is 2.29. The molecule has 0 spiro atoms. The van der Waals surface area contributed by atoms with Crippen LogP contribution in [0.2, 0.25) is 0 Å². The number of aromatic nitrogens is 1. The van der Waals surface area contributed by atoms with Crippen molar-refractivity contribution in [2.24, 2.45) is 0 Å². The van der Waals surface area contributed by atoms with Crippen LogP contribution in [0, 0.1) is 6.92 Å². The molecule has 2 aromatic carbocycles. The lowest BCUT2D eigenvalue weighted by Gasteiger charge is -2.18. The van der Waals surface area contributed by atoms with Gasteiger partial charge in [0.05, 0.1) is 11.0 Å². The number of alkyl halides is 3. The number of halogens is 3. The molecule has 1 aromatic heterocycles. The van der Waals surface area contributed by atoms with Crippen LogP contribution in [0.15, 0.2) is 41.2 Å². The van der Waals surface area contributed by atoms with Gasteiger partial charge in [-0.2, -0.15) is 13.2 Å². The summed E-state index contributed by atoms with van der Waals surface area (Å²) in [5, 5.41) is 0.653. The summed E-state index contributed by atoms with van der Waals surface area (Å²) in [7, 11) is 0. The first-order valence-corrected chi connectivity index (χ1v) is 7.81. The van der Waals surface area contributed by atoms with Crippen molar-refractivity contribution in [2.75, 3.05) is 0 Å². The van der Waals surface area contributed by atoms with Crippen LogP contribution in [0.3, 0.4) is 0 Å². The predicted molar refractivity (Wildman–Crippen MR) is 90.6 cm³/mol. The van der Waals surface area contributed by atoms with E-state index in [1.165, 1.54) is 4.57 Å². The maximum absolute atomic E-state index is 13.1. The molecule has 0 atom stereocenters. The van der Waals surface area contributed by atoms with Gasteiger partial charge in [-0.3, -0.25) is 4.79 Å². The summed E-state index contributed by atoms with van der Waals surface area (Å²) in [6.45, 7) is 4.65. The summed E-state index contributed by atoms with van der Waals surface area (Å²) in [5.74, 6) is 0.193. The summed E-state index contributed by atoms with van der Waals surface area (Å²) < 4.78 is 40.5. The third-order valence-electron chi connectivity index (χ3n) is 4.25. The van der Waals surface area contributed by atoms with E-state index < -0.39 is 12.7 Å². The average molecular weight is 333 g/mol. The molecule has 5 heteroatoms. The van der Waals surface area contributed by atoms with Crippen LogP contribution in [0.25, 0.3) is 21.8 Å². The Hall–Kier alpha value is -2.30. The molecule has 24 heavy (non-hydrogen) atoms. The number of nitrogens with zero attached hydrogens (tertiary/aromatic N) is 1. The molecule has 0 fully saturated rings. The standard InChI is InChI=1S/C19H18F3NO/c1-11(2)13-5-7-16-15(9-13)18(24)14-6-4-12(3)8-17(14)23(16)10-19(20,21)22/h4-9,11H,10H2,1-3H3. The first kappa shape index (κ1) is 16.6. The average Bonchev–Trinajstić information content (AvgIpc) is 2.49. The van der Waals surface area contributed by atoms with Crippen molar-refractivity contribution in [3.63, 3.8) is 0 Å². The van der Waals surface area contributed by atoms with Crippen LogP contribution in [0.5, 0.6) is 0 Å². The molecule has 126 valence electrons. The van der Waals surface area contributed by atoms with Gasteiger partial charge < -0.3 is 4.57 Å². The molecule has 0 saturated heterocycles. The maximum atomic E-state index is 13.1. The van der Waals surface area contributed by atoms with Crippen LogP contribution < -0.4 is 5.43 Å². The number of fused-ring (bicyclic) bond motifs is 2. The third kappa shape index (κ3) is 2.90. The molecule has 2 nitrogen and oxygen atoms in total. The van der Waals surface area contributed by atoms with Crippen molar-refractivity contribution in [1.82, 2.24) is 4.57 Å². The zero-order valence-corrected chi connectivity index (χ0v) is 13.7. The van der Waals surface area contributed by atoms with Gasteiger partial charge in [0.1, 0.15) is 6.54 Å². The number of rotatable bonds is 2. The van der Waals surface area contributed by atoms with E-state index in [4.69, 9.17) is 0 Å². The van der Waals surface area contributed by atoms with E-state index in [1.54, 1.807) is 43.3 Å². The predicted octanol–water partition coefficient (Wildman–Crippen LogP) is 5.15. The molecule has 0 aliphatic carbocycles. The molecular weight excluding hydrogens is 315 g/mol. The molecular formula is C19H18F3NO. The lowest BCUT2D eigenvalue weighted by molar-refractivity contribution is -0.139. The summed E-state index contributed by atoms with van der Waals surface area (Å²) in [6.07, 6.45) is -4.37. The molecule has 3 aromatic rings. The Bertz CT molecular complexity index is 984. The zero-order chi connectivity index (χ0) is 17.6. The van der Waals surface area contributed by atoms with Crippen molar-refractivity contribution >= 4 is 21.8 Å². The van der Waals surface area contributed by atoms with Gasteiger partial charge in [0.15, 0.2) is 5.43 Å². The lowest BCUT2D eigenvalue weighted by Crippen LogP contribution is -2.21. The lowest BCUT2D eigenvalue weighted by atomic mass is 9.99. The van der Waals surface area contributed by atoms with Gasteiger partial charge in [0.2, 0.25) is 0 Å². The minimum Gasteiger partial charge on any atom is -0.331 e. The van der Waals surface area contributed by atoms with E-state index >= 15 is 0 Å². The highest BCUT2D eigenvalue weighted by atomic mass is 19.4. The first-order valence-electron chi connectivity index (χ1n) is 7.81. The fourth-order valence-electron chi connectivity index (χ4n) is 3.01. The second kappa shape index (κ2) is 5.65. The van der Waals surface area contributed by atoms with Crippen molar-refractivity contribution in [2.45, 2.75) is 39.4 Å². The highest BCUT2D eigenvalue weighted by molar-refractivity contribution is 5.94. The minimum absolute atomic E-state index is 0.193. The Labute approximate surface area is 137 Å². The zero-order valence-electron chi connectivity index (χ0n) is 13.7. The third-order valence-corrected chi connectivity index (χ3v) is 4.25. The largest absolute Gasteiger partial charge is 0.406 e. The molecule has 1 heterocycles. The van der Waals surface area contributed by atoms with E-state index in [-0.39, 0.29) is 11.3 Å². The number of pyridine rings is 1. The van der Waals surface area contributed by atoms with Crippen LogP contribution in [-0.2, 0) is 6.54 Å². The summed E-state index contributed by atoms with van der Waals surface area (Å²) >= 11 is 0. The fourth-order valence-corrected chi connectivity index (χ4v) is 3.01. The molecule has 0 radical (unpaired) electrons. The second-order valence-corrected chi connectivity index (χ2v) is 6.48. The number of aryl methyl sites for hydroxylation is 1. The van der Waals surface area contributed by atoms with E-state index in [1.807, 2.05) is 13.8 Å². The molecule has 0 amide bonds. The highest BCUT2D eigenvalue weighted by Crippen LogP contribution is 2.27. The quantitative estimate of drug-likeness (QED) is 0.595.